The van der Waals surface area contributed by atoms with Crippen LogP contribution in [0.15, 0.2) is 0 Å². The van der Waals surface area contributed by atoms with Crippen LogP contribution in [-0.4, -0.2) is 44.7 Å². The molecule has 1 aliphatic carbocycles. The van der Waals surface area contributed by atoms with E-state index < -0.39 is 0 Å². The zero-order valence-electron chi connectivity index (χ0n) is 10.4. The average molecular weight is 308 g/mol. The van der Waals surface area contributed by atoms with Crippen molar-refractivity contribution in [3.63, 3.8) is 0 Å². The quantitative estimate of drug-likeness (QED) is 0.547. The number of carbonyl (C=O) groups excluding carboxylic acids is 1. The summed E-state index contributed by atoms with van der Waals surface area (Å²) in [6.45, 7) is 1.91. The summed E-state index contributed by atoms with van der Waals surface area (Å²) in [5.74, 6) is 1.31. The maximum Gasteiger partial charge on any atom is 0.246 e. The van der Waals surface area contributed by atoms with E-state index in [1.54, 1.807) is 7.11 Å². The van der Waals surface area contributed by atoms with Gasteiger partial charge in [0.25, 0.3) is 0 Å². The monoisotopic (exact) mass is 307 g/mol. The summed E-state index contributed by atoms with van der Waals surface area (Å²) in [7, 11) is 1.62. The van der Waals surface area contributed by atoms with Gasteiger partial charge in [0.1, 0.15) is 6.61 Å². The standard InChI is InChI=1S/C12H22BrNO3/c1-16-5-6-17-9-12(15)14-8-11-4-2-3-10(11)7-13/h10-11H,2-9H2,1H3,(H,14,15). The minimum Gasteiger partial charge on any atom is -0.382 e. The van der Waals surface area contributed by atoms with E-state index in [1.807, 2.05) is 0 Å². The van der Waals surface area contributed by atoms with Gasteiger partial charge in [-0.15, -0.1) is 0 Å². The molecular weight excluding hydrogens is 286 g/mol. The number of hydrogen-bond donors (Lipinski definition) is 1. The Morgan fingerprint density at radius 1 is 1.35 bits per heavy atom. The third-order valence-corrected chi connectivity index (χ3v) is 4.07. The van der Waals surface area contributed by atoms with E-state index in [2.05, 4.69) is 21.2 Å². The lowest BCUT2D eigenvalue weighted by atomic mass is 9.98. The Bertz CT molecular complexity index is 226. The van der Waals surface area contributed by atoms with Crippen LogP contribution in [0, 0.1) is 11.8 Å². The number of halogens is 1. The molecule has 5 heteroatoms. The molecule has 0 aliphatic heterocycles. The molecule has 0 aromatic carbocycles. The highest BCUT2D eigenvalue weighted by Gasteiger charge is 2.26. The first-order valence-corrected chi connectivity index (χ1v) is 7.29. The first-order chi connectivity index (χ1) is 8.27. The second-order valence-corrected chi connectivity index (χ2v) is 5.10. The molecule has 0 heterocycles. The maximum atomic E-state index is 11.5. The first-order valence-electron chi connectivity index (χ1n) is 6.17. The topological polar surface area (TPSA) is 47.6 Å². The molecule has 100 valence electrons. The van der Waals surface area contributed by atoms with Gasteiger partial charge in [0.2, 0.25) is 5.91 Å². The number of amides is 1. The second-order valence-electron chi connectivity index (χ2n) is 4.45. The Morgan fingerprint density at radius 2 is 2.12 bits per heavy atom. The van der Waals surface area contributed by atoms with Crippen LogP contribution in [0.5, 0.6) is 0 Å². The Kier molecular flexibility index (Phi) is 7.81. The van der Waals surface area contributed by atoms with Crippen LogP contribution in [0.2, 0.25) is 0 Å². The Balaban J connectivity index is 2.06. The van der Waals surface area contributed by atoms with Gasteiger partial charge in [-0.25, -0.2) is 0 Å². The Labute approximate surface area is 112 Å². The summed E-state index contributed by atoms with van der Waals surface area (Å²) in [5, 5.41) is 3.98. The van der Waals surface area contributed by atoms with E-state index in [-0.39, 0.29) is 12.5 Å². The highest BCUT2D eigenvalue weighted by atomic mass is 79.9. The molecule has 1 saturated carbocycles. The Hall–Kier alpha value is -0.130. The van der Waals surface area contributed by atoms with Gasteiger partial charge in [-0.2, -0.15) is 0 Å². The highest BCUT2D eigenvalue weighted by Crippen LogP contribution is 2.32. The van der Waals surface area contributed by atoms with Gasteiger partial charge < -0.3 is 14.8 Å². The fourth-order valence-corrected chi connectivity index (χ4v) is 3.04. The summed E-state index contributed by atoms with van der Waals surface area (Å²) in [4.78, 5) is 11.5. The molecule has 1 amide bonds. The van der Waals surface area contributed by atoms with E-state index in [9.17, 15) is 4.79 Å². The number of carbonyl (C=O) groups is 1. The first kappa shape index (κ1) is 14.9. The smallest absolute Gasteiger partial charge is 0.246 e. The fourth-order valence-electron chi connectivity index (χ4n) is 2.19. The van der Waals surface area contributed by atoms with Crippen LogP contribution in [0.25, 0.3) is 0 Å². The normalized spacial score (nSPS) is 23.9. The van der Waals surface area contributed by atoms with Crippen molar-refractivity contribution < 1.29 is 14.3 Å². The lowest BCUT2D eigenvalue weighted by Gasteiger charge is -2.17. The number of alkyl halides is 1. The van der Waals surface area contributed by atoms with Crippen molar-refractivity contribution >= 4 is 21.8 Å². The van der Waals surface area contributed by atoms with Crippen LogP contribution in [-0.2, 0) is 14.3 Å². The molecule has 0 aromatic rings. The fraction of sp³-hybridized carbons (Fsp3) is 0.917. The third-order valence-electron chi connectivity index (χ3n) is 3.24. The molecule has 1 N–H and O–H groups in total. The zero-order chi connectivity index (χ0) is 12.5. The molecule has 4 nitrogen and oxygen atoms in total. The third kappa shape index (κ3) is 5.84. The van der Waals surface area contributed by atoms with E-state index in [4.69, 9.17) is 9.47 Å². The number of methoxy groups -OCH3 is 1. The van der Waals surface area contributed by atoms with Gasteiger partial charge in [0, 0.05) is 19.0 Å². The number of rotatable bonds is 8. The van der Waals surface area contributed by atoms with Gasteiger partial charge in [0.15, 0.2) is 0 Å². The molecule has 1 rings (SSSR count). The molecule has 0 bridgehead atoms. The van der Waals surface area contributed by atoms with Gasteiger partial charge in [-0.1, -0.05) is 22.4 Å². The minimum atomic E-state index is -0.0266. The summed E-state index contributed by atoms with van der Waals surface area (Å²) < 4.78 is 9.99. The number of nitrogens with one attached hydrogen (secondary N) is 1. The summed E-state index contributed by atoms with van der Waals surface area (Å²) >= 11 is 3.53. The van der Waals surface area contributed by atoms with Crippen molar-refractivity contribution in [3.05, 3.63) is 0 Å². The molecule has 2 atom stereocenters. The molecule has 1 aliphatic rings. The minimum absolute atomic E-state index is 0.0266. The van der Waals surface area contributed by atoms with Crippen molar-refractivity contribution in [2.75, 3.05) is 38.8 Å². The lowest BCUT2D eigenvalue weighted by molar-refractivity contribution is -0.126. The molecule has 0 spiro atoms. The van der Waals surface area contributed by atoms with Gasteiger partial charge >= 0.3 is 0 Å². The largest absolute Gasteiger partial charge is 0.382 e. The van der Waals surface area contributed by atoms with Crippen molar-refractivity contribution in [3.8, 4) is 0 Å². The average Bonchev–Trinajstić information content (AvgIpc) is 2.79. The SMILES string of the molecule is COCCOCC(=O)NCC1CCCC1CBr. The zero-order valence-corrected chi connectivity index (χ0v) is 12.0. The Morgan fingerprint density at radius 3 is 2.82 bits per heavy atom. The van der Waals surface area contributed by atoms with Crippen LogP contribution in [0.1, 0.15) is 19.3 Å². The van der Waals surface area contributed by atoms with Crippen molar-refractivity contribution in [2.45, 2.75) is 19.3 Å². The molecular formula is C12H22BrNO3. The predicted molar refractivity (Wildman–Crippen MR) is 70.3 cm³/mol. The summed E-state index contributed by atoms with van der Waals surface area (Å²) in [6.07, 6.45) is 3.78. The highest BCUT2D eigenvalue weighted by molar-refractivity contribution is 9.09. The van der Waals surface area contributed by atoms with E-state index >= 15 is 0 Å². The predicted octanol–water partition coefficient (Wildman–Crippen LogP) is 1.58. The van der Waals surface area contributed by atoms with Crippen LogP contribution < -0.4 is 5.32 Å². The maximum absolute atomic E-state index is 11.5. The van der Waals surface area contributed by atoms with E-state index in [1.165, 1.54) is 19.3 Å². The summed E-state index contributed by atoms with van der Waals surface area (Å²) in [5.41, 5.74) is 0. The second kappa shape index (κ2) is 8.89. The molecule has 1 fully saturated rings. The van der Waals surface area contributed by atoms with Crippen LogP contribution in [0.3, 0.4) is 0 Å². The molecule has 0 radical (unpaired) electrons. The van der Waals surface area contributed by atoms with Crippen LogP contribution in [0.4, 0.5) is 0 Å². The van der Waals surface area contributed by atoms with E-state index in [0.29, 0.717) is 25.0 Å². The van der Waals surface area contributed by atoms with Crippen molar-refractivity contribution in [1.82, 2.24) is 5.32 Å². The van der Waals surface area contributed by atoms with Crippen molar-refractivity contribution in [1.29, 1.82) is 0 Å². The summed E-state index contributed by atoms with van der Waals surface area (Å²) in [6, 6.07) is 0. The number of hydrogen-bond acceptors (Lipinski definition) is 3. The van der Waals surface area contributed by atoms with Crippen LogP contribution >= 0.6 is 15.9 Å². The van der Waals surface area contributed by atoms with Gasteiger partial charge in [0.05, 0.1) is 13.2 Å². The van der Waals surface area contributed by atoms with Gasteiger partial charge in [-0.05, 0) is 24.7 Å². The molecule has 17 heavy (non-hydrogen) atoms. The molecule has 0 aromatic heterocycles. The van der Waals surface area contributed by atoms with Gasteiger partial charge in [-0.3, -0.25) is 4.79 Å². The lowest BCUT2D eigenvalue weighted by Crippen LogP contribution is -2.34. The van der Waals surface area contributed by atoms with Crippen molar-refractivity contribution in [2.24, 2.45) is 11.8 Å². The molecule has 2 unspecified atom stereocenters. The molecule has 0 saturated heterocycles. The van der Waals surface area contributed by atoms with E-state index in [0.717, 1.165) is 11.9 Å². The number of ether oxygens (including phenoxy) is 2.